The third-order valence-electron chi connectivity index (χ3n) is 3.24. The molecule has 1 aromatic rings. The molecule has 0 bridgehead atoms. The van der Waals surface area contributed by atoms with Gasteiger partial charge in [-0.3, -0.25) is 4.79 Å². The van der Waals surface area contributed by atoms with Crippen LogP contribution in [0.3, 0.4) is 0 Å². The number of rotatable bonds is 7. The first kappa shape index (κ1) is 17.3. The number of nitrogens with one attached hydrogen (secondary N) is 1. The van der Waals surface area contributed by atoms with Crippen molar-refractivity contribution in [2.24, 2.45) is 5.41 Å². The second-order valence-corrected chi connectivity index (χ2v) is 6.38. The molecule has 0 fully saturated rings. The molecular formula is C17H27NO3. The van der Waals surface area contributed by atoms with Crippen molar-refractivity contribution in [3.8, 4) is 11.5 Å². The van der Waals surface area contributed by atoms with Gasteiger partial charge in [-0.25, -0.2) is 0 Å². The average molecular weight is 293 g/mol. The van der Waals surface area contributed by atoms with Crippen LogP contribution < -0.4 is 14.8 Å². The van der Waals surface area contributed by atoms with Gasteiger partial charge in [0.15, 0.2) is 11.5 Å². The van der Waals surface area contributed by atoms with Crippen molar-refractivity contribution in [2.75, 3.05) is 20.8 Å². The van der Waals surface area contributed by atoms with Gasteiger partial charge in [-0.1, -0.05) is 26.8 Å². The predicted octanol–water partition coefficient (Wildman–Crippen LogP) is 3.19. The van der Waals surface area contributed by atoms with E-state index in [0.29, 0.717) is 23.3 Å². The average Bonchev–Trinajstić information content (AvgIpc) is 2.42. The van der Waals surface area contributed by atoms with Crippen molar-refractivity contribution in [3.05, 3.63) is 23.8 Å². The summed E-state index contributed by atoms with van der Waals surface area (Å²) in [7, 11) is 3.19. The van der Waals surface area contributed by atoms with E-state index in [1.807, 2.05) is 18.2 Å². The van der Waals surface area contributed by atoms with Crippen molar-refractivity contribution in [2.45, 2.75) is 40.0 Å². The highest BCUT2D eigenvalue weighted by Gasteiger charge is 2.11. The van der Waals surface area contributed by atoms with E-state index in [2.05, 4.69) is 26.1 Å². The zero-order chi connectivity index (χ0) is 15.9. The summed E-state index contributed by atoms with van der Waals surface area (Å²) in [5.41, 5.74) is 1.23. The van der Waals surface area contributed by atoms with Gasteiger partial charge in [0.25, 0.3) is 0 Å². The van der Waals surface area contributed by atoms with Crippen LogP contribution in [-0.4, -0.2) is 26.7 Å². The molecule has 4 heteroatoms. The highest BCUT2D eigenvalue weighted by atomic mass is 16.5. The standard InChI is InChI=1S/C17H27NO3/c1-17(2,3)9-6-10-18-16(19)12-13-7-8-14(20-4)15(11-13)21-5/h7-8,11H,6,9-10,12H2,1-5H3,(H,18,19). The van der Waals surface area contributed by atoms with Gasteiger partial charge in [0.1, 0.15) is 0 Å². The van der Waals surface area contributed by atoms with Crippen LogP contribution in [0.25, 0.3) is 0 Å². The summed E-state index contributed by atoms with van der Waals surface area (Å²) >= 11 is 0. The van der Waals surface area contributed by atoms with Gasteiger partial charge in [0.2, 0.25) is 5.91 Å². The van der Waals surface area contributed by atoms with Gasteiger partial charge in [0, 0.05) is 6.54 Å². The first-order valence-electron chi connectivity index (χ1n) is 7.33. The molecule has 0 saturated carbocycles. The van der Waals surface area contributed by atoms with Crippen molar-refractivity contribution in [3.63, 3.8) is 0 Å². The lowest BCUT2D eigenvalue weighted by Gasteiger charge is -2.17. The second kappa shape index (κ2) is 7.91. The molecule has 0 radical (unpaired) electrons. The molecule has 0 aromatic heterocycles. The van der Waals surface area contributed by atoms with Crippen LogP contribution in [0.4, 0.5) is 0 Å². The molecule has 0 heterocycles. The van der Waals surface area contributed by atoms with E-state index in [-0.39, 0.29) is 5.91 Å². The number of carbonyl (C=O) groups is 1. The van der Waals surface area contributed by atoms with E-state index < -0.39 is 0 Å². The summed E-state index contributed by atoms with van der Waals surface area (Å²) in [6.45, 7) is 7.35. The minimum absolute atomic E-state index is 0.0381. The number of hydrogen-bond acceptors (Lipinski definition) is 3. The van der Waals surface area contributed by atoms with E-state index in [9.17, 15) is 4.79 Å². The van der Waals surface area contributed by atoms with Gasteiger partial charge in [0.05, 0.1) is 20.6 Å². The monoisotopic (exact) mass is 293 g/mol. The molecule has 1 rings (SSSR count). The third-order valence-corrected chi connectivity index (χ3v) is 3.24. The largest absolute Gasteiger partial charge is 0.493 e. The highest BCUT2D eigenvalue weighted by molar-refractivity contribution is 5.78. The number of ether oxygens (including phenoxy) is 2. The van der Waals surface area contributed by atoms with Gasteiger partial charge < -0.3 is 14.8 Å². The second-order valence-electron chi connectivity index (χ2n) is 6.38. The molecule has 0 aliphatic heterocycles. The molecule has 0 aliphatic rings. The molecule has 118 valence electrons. The van der Waals surface area contributed by atoms with Gasteiger partial charge in [-0.2, -0.15) is 0 Å². The smallest absolute Gasteiger partial charge is 0.224 e. The Bertz CT molecular complexity index is 464. The zero-order valence-electron chi connectivity index (χ0n) is 13.8. The highest BCUT2D eigenvalue weighted by Crippen LogP contribution is 2.27. The first-order valence-corrected chi connectivity index (χ1v) is 7.33. The number of amides is 1. The minimum atomic E-state index is 0.0381. The summed E-state index contributed by atoms with van der Waals surface area (Å²) < 4.78 is 10.4. The summed E-state index contributed by atoms with van der Waals surface area (Å²) in [5, 5.41) is 2.96. The van der Waals surface area contributed by atoms with Crippen LogP contribution in [0.2, 0.25) is 0 Å². The fourth-order valence-electron chi connectivity index (χ4n) is 2.09. The van der Waals surface area contributed by atoms with Gasteiger partial charge >= 0.3 is 0 Å². The van der Waals surface area contributed by atoms with Crippen molar-refractivity contribution < 1.29 is 14.3 Å². The molecule has 0 spiro atoms. The van der Waals surface area contributed by atoms with Crippen molar-refractivity contribution in [1.29, 1.82) is 0 Å². The van der Waals surface area contributed by atoms with Crippen molar-refractivity contribution in [1.82, 2.24) is 5.32 Å². The van der Waals surface area contributed by atoms with Crippen molar-refractivity contribution >= 4 is 5.91 Å². The molecule has 0 aliphatic carbocycles. The lowest BCUT2D eigenvalue weighted by molar-refractivity contribution is -0.120. The van der Waals surface area contributed by atoms with E-state index in [1.165, 1.54) is 0 Å². The van der Waals surface area contributed by atoms with Crippen LogP contribution in [0.15, 0.2) is 18.2 Å². The zero-order valence-corrected chi connectivity index (χ0v) is 13.8. The Kier molecular flexibility index (Phi) is 6.53. The summed E-state index contributed by atoms with van der Waals surface area (Å²) in [6.07, 6.45) is 2.46. The van der Waals surface area contributed by atoms with Crippen LogP contribution in [-0.2, 0) is 11.2 Å². The fourth-order valence-corrected chi connectivity index (χ4v) is 2.09. The molecule has 1 N–H and O–H groups in total. The third kappa shape index (κ3) is 6.52. The maximum Gasteiger partial charge on any atom is 0.224 e. The Morgan fingerprint density at radius 1 is 1.14 bits per heavy atom. The number of carbonyl (C=O) groups excluding carboxylic acids is 1. The normalized spacial score (nSPS) is 11.1. The molecule has 0 saturated heterocycles. The quantitative estimate of drug-likeness (QED) is 0.785. The van der Waals surface area contributed by atoms with E-state index in [1.54, 1.807) is 14.2 Å². The first-order chi connectivity index (χ1) is 9.85. The van der Waals surface area contributed by atoms with E-state index in [0.717, 1.165) is 24.9 Å². The maximum absolute atomic E-state index is 11.9. The summed E-state index contributed by atoms with van der Waals surface area (Å²) in [4.78, 5) is 11.9. The lowest BCUT2D eigenvalue weighted by atomic mass is 9.91. The number of methoxy groups -OCH3 is 2. The van der Waals surface area contributed by atoms with Crippen LogP contribution in [0.1, 0.15) is 39.2 Å². The Hall–Kier alpha value is -1.71. The number of benzene rings is 1. The van der Waals surface area contributed by atoms with Crippen LogP contribution >= 0.6 is 0 Å². The predicted molar refractivity (Wildman–Crippen MR) is 84.9 cm³/mol. The Labute approximate surface area is 127 Å². The topological polar surface area (TPSA) is 47.6 Å². The Morgan fingerprint density at radius 3 is 2.38 bits per heavy atom. The molecule has 0 unspecified atom stereocenters. The molecule has 1 amide bonds. The lowest BCUT2D eigenvalue weighted by Crippen LogP contribution is -2.26. The van der Waals surface area contributed by atoms with Crippen LogP contribution in [0, 0.1) is 5.41 Å². The minimum Gasteiger partial charge on any atom is -0.493 e. The summed E-state index contributed by atoms with van der Waals surface area (Å²) in [5.74, 6) is 1.36. The van der Waals surface area contributed by atoms with Crippen LogP contribution in [0.5, 0.6) is 11.5 Å². The Balaban J connectivity index is 2.44. The van der Waals surface area contributed by atoms with Gasteiger partial charge in [-0.05, 0) is 36.0 Å². The Morgan fingerprint density at radius 2 is 1.81 bits per heavy atom. The van der Waals surface area contributed by atoms with Gasteiger partial charge in [-0.15, -0.1) is 0 Å². The molecule has 21 heavy (non-hydrogen) atoms. The van der Waals surface area contributed by atoms with E-state index in [4.69, 9.17) is 9.47 Å². The molecular weight excluding hydrogens is 266 g/mol. The fraction of sp³-hybridized carbons (Fsp3) is 0.588. The van der Waals surface area contributed by atoms with E-state index >= 15 is 0 Å². The maximum atomic E-state index is 11.9. The molecule has 0 atom stereocenters. The SMILES string of the molecule is COc1ccc(CC(=O)NCCCC(C)(C)C)cc1OC. The molecule has 4 nitrogen and oxygen atoms in total. The number of hydrogen-bond donors (Lipinski definition) is 1. The summed E-state index contributed by atoms with van der Waals surface area (Å²) in [6, 6.07) is 5.55. The molecule has 1 aromatic carbocycles.